The summed E-state index contributed by atoms with van der Waals surface area (Å²) in [6.45, 7) is 14.0. The van der Waals surface area contributed by atoms with Gasteiger partial charge in [0.2, 0.25) is 0 Å². The standard InChI is InChI=1S/C19H37N3O3/c1-7-12-19(13-8-2,20-17(24)25-18(4,5)6)16(23)22(9-3)21-14-10-11-15-21/h7-15H2,1-6H3,(H,20,24). The van der Waals surface area contributed by atoms with Crippen molar-refractivity contribution < 1.29 is 14.3 Å². The van der Waals surface area contributed by atoms with Gasteiger partial charge < -0.3 is 10.1 Å². The summed E-state index contributed by atoms with van der Waals surface area (Å²) < 4.78 is 5.44. The molecule has 0 unspecified atom stereocenters. The Labute approximate surface area is 153 Å². The molecule has 0 bridgehead atoms. The Morgan fingerprint density at radius 1 is 1.04 bits per heavy atom. The lowest BCUT2D eigenvalue weighted by atomic mass is 9.87. The summed E-state index contributed by atoms with van der Waals surface area (Å²) >= 11 is 0. The number of hydrazine groups is 1. The van der Waals surface area contributed by atoms with Gasteiger partial charge in [-0.25, -0.2) is 9.80 Å². The SMILES string of the molecule is CCCC(CCC)(NC(=O)OC(C)(C)C)C(=O)N(CC)N1CCCC1. The van der Waals surface area contributed by atoms with Crippen molar-refractivity contribution in [2.24, 2.45) is 0 Å². The highest BCUT2D eigenvalue weighted by atomic mass is 16.6. The maximum Gasteiger partial charge on any atom is 0.408 e. The van der Waals surface area contributed by atoms with Gasteiger partial charge in [0, 0.05) is 19.6 Å². The summed E-state index contributed by atoms with van der Waals surface area (Å²) in [5.41, 5.74) is -1.48. The molecule has 0 atom stereocenters. The maximum absolute atomic E-state index is 13.5. The Balaban J connectivity index is 3.06. The number of hydrogen-bond donors (Lipinski definition) is 1. The third-order valence-electron chi connectivity index (χ3n) is 4.46. The number of ether oxygens (including phenoxy) is 1. The molecule has 0 radical (unpaired) electrons. The molecule has 146 valence electrons. The van der Waals surface area contributed by atoms with E-state index in [0.717, 1.165) is 38.8 Å². The molecule has 1 aliphatic heterocycles. The van der Waals surface area contributed by atoms with Gasteiger partial charge in [-0.3, -0.25) is 9.80 Å². The first-order chi connectivity index (χ1) is 11.7. The normalized spacial score (nSPS) is 15.9. The Hall–Kier alpha value is -1.30. The van der Waals surface area contributed by atoms with Crippen LogP contribution >= 0.6 is 0 Å². The highest BCUT2D eigenvalue weighted by molar-refractivity contribution is 5.89. The molecule has 25 heavy (non-hydrogen) atoms. The van der Waals surface area contributed by atoms with Crippen molar-refractivity contribution in [1.82, 2.24) is 15.3 Å². The first kappa shape index (κ1) is 21.7. The largest absolute Gasteiger partial charge is 0.444 e. The van der Waals surface area contributed by atoms with Crippen LogP contribution < -0.4 is 5.32 Å². The van der Waals surface area contributed by atoms with Crippen LogP contribution in [0.15, 0.2) is 0 Å². The van der Waals surface area contributed by atoms with Crippen LogP contribution in [0.25, 0.3) is 0 Å². The van der Waals surface area contributed by atoms with Crippen LogP contribution in [0.3, 0.4) is 0 Å². The van der Waals surface area contributed by atoms with Gasteiger partial charge in [0.15, 0.2) is 0 Å². The molecule has 1 rings (SSSR count). The van der Waals surface area contributed by atoms with E-state index in [1.807, 2.05) is 46.6 Å². The molecule has 1 heterocycles. The van der Waals surface area contributed by atoms with Gasteiger partial charge in [-0.1, -0.05) is 26.7 Å². The van der Waals surface area contributed by atoms with Crippen LogP contribution in [0.5, 0.6) is 0 Å². The molecule has 6 heteroatoms. The number of carbonyl (C=O) groups is 2. The van der Waals surface area contributed by atoms with Crippen LogP contribution in [-0.2, 0) is 9.53 Å². The molecule has 0 aromatic heterocycles. The predicted octanol–water partition coefficient (Wildman–Crippen LogP) is 3.71. The summed E-state index contributed by atoms with van der Waals surface area (Å²) in [6.07, 6.45) is 4.57. The van der Waals surface area contributed by atoms with E-state index in [1.165, 1.54) is 0 Å². The van der Waals surface area contributed by atoms with E-state index in [4.69, 9.17) is 4.74 Å². The topological polar surface area (TPSA) is 61.9 Å². The molecule has 1 fully saturated rings. The molecule has 0 aromatic carbocycles. The van der Waals surface area contributed by atoms with Crippen molar-refractivity contribution in [3.8, 4) is 0 Å². The minimum atomic E-state index is -0.898. The molecular formula is C19H37N3O3. The summed E-state index contributed by atoms with van der Waals surface area (Å²) in [5, 5.41) is 6.90. The van der Waals surface area contributed by atoms with Crippen LogP contribution in [0, 0.1) is 0 Å². The van der Waals surface area contributed by atoms with E-state index in [1.54, 1.807) is 0 Å². The van der Waals surface area contributed by atoms with Gasteiger partial charge in [0.05, 0.1) is 0 Å². The molecule has 1 saturated heterocycles. The number of rotatable bonds is 8. The first-order valence-electron chi connectivity index (χ1n) is 9.77. The zero-order chi connectivity index (χ0) is 19.1. The fourth-order valence-electron chi connectivity index (χ4n) is 3.53. The molecule has 0 aliphatic carbocycles. The number of alkyl carbamates (subject to hydrolysis) is 1. The van der Waals surface area contributed by atoms with Crippen molar-refractivity contribution in [2.75, 3.05) is 19.6 Å². The van der Waals surface area contributed by atoms with Crippen molar-refractivity contribution >= 4 is 12.0 Å². The monoisotopic (exact) mass is 355 g/mol. The minimum absolute atomic E-state index is 0.00791. The molecule has 0 saturated carbocycles. The van der Waals surface area contributed by atoms with E-state index in [-0.39, 0.29) is 5.91 Å². The minimum Gasteiger partial charge on any atom is -0.444 e. The van der Waals surface area contributed by atoms with Gasteiger partial charge in [0.25, 0.3) is 5.91 Å². The van der Waals surface area contributed by atoms with E-state index in [2.05, 4.69) is 10.3 Å². The number of nitrogens with one attached hydrogen (secondary N) is 1. The zero-order valence-electron chi connectivity index (χ0n) is 17.0. The molecule has 0 aromatic rings. The number of likely N-dealkylation sites (N-methyl/N-ethyl adjacent to an activating group) is 1. The van der Waals surface area contributed by atoms with Crippen LogP contribution in [0.4, 0.5) is 4.79 Å². The average molecular weight is 356 g/mol. The van der Waals surface area contributed by atoms with Crippen molar-refractivity contribution in [3.63, 3.8) is 0 Å². The Morgan fingerprint density at radius 3 is 1.96 bits per heavy atom. The lowest BCUT2D eigenvalue weighted by molar-refractivity contribution is -0.155. The van der Waals surface area contributed by atoms with Gasteiger partial charge in [-0.05, 0) is 53.4 Å². The summed E-state index contributed by atoms with van der Waals surface area (Å²) in [6, 6.07) is 0. The van der Waals surface area contributed by atoms with E-state index in [0.29, 0.717) is 19.4 Å². The molecular weight excluding hydrogens is 318 g/mol. The van der Waals surface area contributed by atoms with Crippen LogP contribution in [-0.4, -0.2) is 52.8 Å². The maximum atomic E-state index is 13.5. The van der Waals surface area contributed by atoms with Crippen LogP contribution in [0.2, 0.25) is 0 Å². The Bertz CT molecular complexity index is 434. The van der Waals surface area contributed by atoms with Crippen LogP contribution in [0.1, 0.15) is 80.1 Å². The summed E-state index contributed by atoms with van der Waals surface area (Å²) in [4.78, 5) is 25.9. The first-order valence-corrected chi connectivity index (χ1v) is 9.77. The van der Waals surface area contributed by atoms with Crippen molar-refractivity contribution in [2.45, 2.75) is 91.2 Å². The highest BCUT2D eigenvalue weighted by Crippen LogP contribution is 2.26. The number of amides is 2. The fourth-order valence-corrected chi connectivity index (χ4v) is 3.53. The van der Waals surface area contributed by atoms with Crippen molar-refractivity contribution in [3.05, 3.63) is 0 Å². The summed E-state index contributed by atoms with van der Waals surface area (Å²) in [7, 11) is 0. The zero-order valence-corrected chi connectivity index (χ0v) is 17.0. The van der Waals surface area contributed by atoms with Gasteiger partial charge >= 0.3 is 6.09 Å². The van der Waals surface area contributed by atoms with Gasteiger partial charge in [-0.15, -0.1) is 0 Å². The Morgan fingerprint density at radius 2 is 1.56 bits per heavy atom. The second-order valence-corrected chi connectivity index (χ2v) is 7.89. The number of nitrogens with zero attached hydrogens (tertiary/aromatic N) is 2. The molecule has 2 amide bonds. The Kier molecular flexibility index (Phi) is 8.19. The van der Waals surface area contributed by atoms with E-state index < -0.39 is 17.2 Å². The average Bonchev–Trinajstić information content (AvgIpc) is 3.00. The molecule has 0 spiro atoms. The lowest BCUT2D eigenvalue weighted by Gasteiger charge is -2.41. The van der Waals surface area contributed by atoms with Gasteiger partial charge in [-0.2, -0.15) is 0 Å². The fraction of sp³-hybridized carbons (Fsp3) is 0.895. The van der Waals surface area contributed by atoms with E-state index in [9.17, 15) is 9.59 Å². The summed E-state index contributed by atoms with van der Waals surface area (Å²) in [5.74, 6) is -0.00791. The van der Waals surface area contributed by atoms with Gasteiger partial charge in [0.1, 0.15) is 11.1 Å². The quantitative estimate of drug-likeness (QED) is 0.721. The smallest absolute Gasteiger partial charge is 0.408 e. The second-order valence-electron chi connectivity index (χ2n) is 7.89. The molecule has 1 N–H and O–H groups in total. The second kappa shape index (κ2) is 9.41. The highest BCUT2D eigenvalue weighted by Gasteiger charge is 2.43. The third kappa shape index (κ3) is 6.17. The third-order valence-corrected chi connectivity index (χ3v) is 4.46. The molecule has 6 nitrogen and oxygen atoms in total. The number of hydrogen-bond acceptors (Lipinski definition) is 4. The lowest BCUT2D eigenvalue weighted by Crippen LogP contribution is -2.63. The molecule has 1 aliphatic rings. The number of carbonyl (C=O) groups excluding carboxylic acids is 2. The van der Waals surface area contributed by atoms with Crippen molar-refractivity contribution in [1.29, 1.82) is 0 Å². The predicted molar refractivity (Wildman–Crippen MR) is 100 cm³/mol. The van der Waals surface area contributed by atoms with E-state index >= 15 is 0 Å².